The second kappa shape index (κ2) is 6.94. The van der Waals surface area contributed by atoms with Gasteiger partial charge in [-0.2, -0.15) is 5.26 Å². The van der Waals surface area contributed by atoms with Crippen molar-refractivity contribution in [2.24, 2.45) is 5.73 Å². The summed E-state index contributed by atoms with van der Waals surface area (Å²) < 4.78 is 30.0. The number of fused-ring (bicyclic) bond motifs is 1. The third-order valence-electron chi connectivity index (χ3n) is 4.36. The van der Waals surface area contributed by atoms with Crippen LogP contribution in [0, 0.1) is 24.1 Å². The molecule has 0 amide bonds. The predicted molar refractivity (Wildman–Crippen MR) is 97.1 cm³/mol. The van der Waals surface area contributed by atoms with E-state index >= 15 is 0 Å². The molecule has 0 bridgehead atoms. The van der Waals surface area contributed by atoms with Gasteiger partial charge in [0.25, 0.3) is 0 Å². The van der Waals surface area contributed by atoms with Crippen molar-refractivity contribution in [1.82, 2.24) is 10.2 Å². The van der Waals surface area contributed by atoms with Crippen molar-refractivity contribution < 1.29 is 18.3 Å². The average molecular weight is 401 g/mol. The summed E-state index contributed by atoms with van der Waals surface area (Å²) in [4.78, 5) is 0. The molecule has 2 aromatic heterocycles. The smallest absolute Gasteiger partial charge is 0.244 e. The molecule has 7 nitrogen and oxygen atoms in total. The first-order valence-electron chi connectivity index (χ1n) is 8.27. The molecular formula is C19H14ClFN4O3. The van der Waals surface area contributed by atoms with E-state index in [-0.39, 0.29) is 23.1 Å². The van der Waals surface area contributed by atoms with Gasteiger partial charge in [0.2, 0.25) is 11.8 Å². The van der Waals surface area contributed by atoms with Crippen LogP contribution >= 0.6 is 11.6 Å². The molecular weight excluding hydrogens is 387 g/mol. The van der Waals surface area contributed by atoms with Gasteiger partial charge >= 0.3 is 0 Å². The number of H-pyrrole nitrogens is 1. The Hall–Kier alpha value is -3.44. The third-order valence-corrected chi connectivity index (χ3v) is 4.66. The van der Waals surface area contributed by atoms with Gasteiger partial charge in [0.1, 0.15) is 41.3 Å². The van der Waals surface area contributed by atoms with Crippen LogP contribution in [-0.2, 0) is 6.61 Å². The van der Waals surface area contributed by atoms with Crippen LogP contribution < -0.4 is 15.2 Å². The molecule has 3 aromatic rings. The van der Waals surface area contributed by atoms with Crippen LogP contribution in [0.2, 0.25) is 5.02 Å². The summed E-state index contributed by atoms with van der Waals surface area (Å²) in [5.41, 5.74) is 7.55. The third kappa shape index (κ3) is 3.06. The summed E-state index contributed by atoms with van der Waals surface area (Å²) in [5.74, 6) is 0.636. The molecule has 28 heavy (non-hydrogen) atoms. The lowest BCUT2D eigenvalue weighted by Gasteiger charge is -2.21. The van der Waals surface area contributed by atoms with E-state index in [2.05, 4.69) is 16.3 Å². The zero-order valence-corrected chi connectivity index (χ0v) is 15.4. The first kappa shape index (κ1) is 17.9. The van der Waals surface area contributed by atoms with Crippen LogP contribution in [0.3, 0.4) is 0 Å². The summed E-state index contributed by atoms with van der Waals surface area (Å²) in [6, 6.07) is 9.41. The minimum Gasteiger partial charge on any atom is -0.484 e. The number of furan rings is 1. The Bertz CT molecular complexity index is 1130. The van der Waals surface area contributed by atoms with Crippen molar-refractivity contribution >= 4 is 11.6 Å². The Morgan fingerprint density at radius 1 is 1.39 bits per heavy atom. The molecule has 0 radical (unpaired) electrons. The first-order chi connectivity index (χ1) is 13.5. The standard InChI is InChI=1S/C19H14ClFN4O3/c1-9-16-17(12(7-22)18(23)28-19(16)25-24-9)15-5-3-11(27-15)8-26-14-4-2-10(21)6-13(14)20/h2-6,17H,8,23H2,1H3,(H,24,25)/t17-/m0/s1. The maximum Gasteiger partial charge on any atom is 0.244 e. The number of benzene rings is 1. The number of aromatic amines is 1. The number of nitrogens with two attached hydrogens (primary N) is 1. The molecule has 0 saturated carbocycles. The van der Waals surface area contributed by atoms with Crippen molar-refractivity contribution in [2.45, 2.75) is 19.4 Å². The molecule has 1 atom stereocenters. The quantitative estimate of drug-likeness (QED) is 0.687. The van der Waals surface area contributed by atoms with Gasteiger partial charge in [-0.25, -0.2) is 4.39 Å². The Kier molecular flexibility index (Phi) is 4.45. The van der Waals surface area contributed by atoms with E-state index in [1.807, 2.05) is 6.92 Å². The van der Waals surface area contributed by atoms with E-state index in [1.54, 1.807) is 12.1 Å². The van der Waals surface area contributed by atoms with Crippen molar-refractivity contribution in [3.05, 3.63) is 75.4 Å². The van der Waals surface area contributed by atoms with Crippen LogP contribution in [0.1, 0.15) is 28.7 Å². The van der Waals surface area contributed by atoms with Crippen molar-refractivity contribution in [1.29, 1.82) is 5.26 Å². The van der Waals surface area contributed by atoms with Crippen LogP contribution in [0.5, 0.6) is 11.6 Å². The van der Waals surface area contributed by atoms with E-state index < -0.39 is 11.7 Å². The molecule has 1 aliphatic rings. The lowest BCUT2D eigenvalue weighted by molar-refractivity contribution is 0.264. The number of aromatic nitrogens is 2. The maximum atomic E-state index is 13.1. The highest BCUT2D eigenvalue weighted by molar-refractivity contribution is 6.32. The van der Waals surface area contributed by atoms with E-state index in [1.165, 1.54) is 18.2 Å². The van der Waals surface area contributed by atoms with Crippen LogP contribution in [0.4, 0.5) is 4.39 Å². The number of hydrogen-bond donors (Lipinski definition) is 2. The first-order valence-corrected chi connectivity index (χ1v) is 8.64. The van der Waals surface area contributed by atoms with E-state index in [9.17, 15) is 9.65 Å². The zero-order chi connectivity index (χ0) is 19.8. The van der Waals surface area contributed by atoms with Gasteiger partial charge in [0.05, 0.1) is 16.5 Å². The SMILES string of the molecule is Cc1[nH]nc2c1[C@H](c1ccc(COc3ccc(F)cc3Cl)o1)C(C#N)=C(N)O2. The average Bonchev–Trinajstić information content (AvgIpc) is 3.27. The van der Waals surface area contributed by atoms with Crippen LogP contribution in [0.25, 0.3) is 0 Å². The molecule has 0 fully saturated rings. The molecule has 1 aliphatic heterocycles. The summed E-state index contributed by atoms with van der Waals surface area (Å²) in [6.45, 7) is 1.90. The second-order valence-electron chi connectivity index (χ2n) is 6.16. The van der Waals surface area contributed by atoms with Crippen LogP contribution in [-0.4, -0.2) is 10.2 Å². The van der Waals surface area contributed by atoms with E-state index in [4.69, 9.17) is 31.2 Å². The number of nitrogens with zero attached hydrogens (tertiary/aromatic N) is 2. The molecule has 9 heteroatoms. The van der Waals surface area contributed by atoms with Crippen LogP contribution in [0.15, 0.2) is 46.2 Å². The largest absolute Gasteiger partial charge is 0.484 e. The Morgan fingerprint density at radius 2 is 2.21 bits per heavy atom. The number of nitriles is 1. The van der Waals surface area contributed by atoms with Gasteiger partial charge in [0, 0.05) is 5.69 Å². The fraction of sp³-hybridized carbons (Fsp3) is 0.158. The molecule has 4 rings (SSSR count). The van der Waals surface area contributed by atoms with E-state index in [0.29, 0.717) is 28.7 Å². The molecule has 0 aliphatic carbocycles. The predicted octanol–water partition coefficient (Wildman–Crippen LogP) is 3.90. The normalized spacial score (nSPS) is 15.7. The zero-order valence-electron chi connectivity index (χ0n) is 14.6. The minimum atomic E-state index is -0.546. The topological polar surface area (TPSA) is 110 Å². The second-order valence-corrected chi connectivity index (χ2v) is 6.57. The van der Waals surface area contributed by atoms with Crippen molar-refractivity contribution in [2.75, 3.05) is 0 Å². The monoisotopic (exact) mass is 400 g/mol. The van der Waals surface area contributed by atoms with Gasteiger partial charge in [-0.05, 0) is 37.3 Å². The highest BCUT2D eigenvalue weighted by Crippen LogP contribution is 2.43. The summed E-state index contributed by atoms with van der Waals surface area (Å²) in [6.07, 6.45) is 0. The highest BCUT2D eigenvalue weighted by Gasteiger charge is 2.36. The highest BCUT2D eigenvalue weighted by atomic mass is 35.5. The molecule has 3 heterocycles. The Labute approximate surface area is 164 Å². The van der Waals surface area contributed by atoms with Crippen molar-refractivity contribution in [3.63, 3.8) is 0 Å². The molecule has 0 spiro atoms. The summed E-state index contributed by atoms with van der Waals surface area (Å²) in [5, 5.41) is 16.6. The number of halogens is 2. The summed E-state index contributed by atoms with van der Waals surface area (Å²) >= 11 is 5.96. The Morgan fingerprint density at radius 3 is 2.96 bits per heavy atom. The number of aryl methyl sites for hydroxylation is 1. The number of nitrogens with one attached hydrogen (secondary N) is 1. The molecule has 0 saturated heterocycles. The van der Waals surface area contributed by atoms with Gasteiger partial charge in [-0.3, -0.25) is 5.10 Å². The number of rotatable bonds is 4. The van der Waals surface area contributed by atoms with Gasteiger partial charge in [-0.15, -0.1) is 5.10 Å². The maximum absolute atomic E-state index is 13.1. The fourth-order valence-corrected chi connectivity index (χ4v) is 3.27. The van der Waals surface area contributed by atoms with Gasteiger partial charge in [-0.1, -0.05) is 11.6 Å². The fourth-order valence-electron chi connectivity index (χ4n) is 3.05. The Balaban J connectivity index is 1.62. The van der Waals surface area contributed by atoms with Gasteiger partial charge < -0.3 is 19.6 Å². The molecule has 3 N–H and O–H groups in total. The number of ether oxygens (including phenoxy) is 2. The van der Waals surface area contributed by atoms with Gasteiger partial charge in [0.15, 0.2) is 0 Å². The lowest BCUT2D eigenvalue weighted by atomic mass is 9.88. The molecule has 142 valence electrons. The number of allylic oxidation sites excluding steroid dienone is 1. The lowest BCUT2D eigenvalue weighted by Crippen LogP contribution is -2.20. The molecule has 0 unspecified atom stereocenters. The minimum absolute atomic E-state index is 0.0150. The molecule has 1 aromatic carbocycles. The van der Waals surface area contributed by atoms with E-state index in [0.717, 1.165) is 5.69 Å². The number of hydrogen-bond acceptors (Lipinski definition) is 6. The van der Waals surface area contributed by atoms with Crippen molar-refractivity contribution in [3.8, 4) is 17.7 Å². The summed E-state index contributed by atoms with van der Waals surface area (Å²) in [7, 11) is 0.